The molecule has 0 unspecified atom stereocenters. The standard InChI is InChI=1S/C13H14N2O/c16-12-5-3-4-10-8-11(9-14-13(10)12)15-6-1-2-7-15/h3-5,8-9,16H,1-2,6-7H2. The van der Waals surface area contributed by atoms with Gasteiger partial charge in [0.2, 0.25) is 0 Å². The van der Waals surface area contributed by atoms with Crippen LogP contribution in [0.1, 0.15) is 12.8 Å². The molecule has 3 heteroatoms. The monoisotopic (exact) mass is 214 g/mol. The number of phenolic OH excluding ortho intramolecular Hbond substituents is 1. The van der Waals surface area contributed by atoms with Gasteiger partial charge in [0.05, 0.1) is 11.9 Å². The third-order valence-electron chi connectivity index (χ3n) is 3.15. The van der Waals surface area contributed by atoms with Gasteiger partial charge in [-0.15, -0.1) is 0 Å². The minimum atomic E-state index is 0.255. The van der Waals surface area contributed by atoms with E-state index < -0.39 is 0 Å². The number of benzene rings is 1. The minimum absolute atomic E-state index is 0.255. The van der Waals surface area contributed by atoms with Gasteiger partial charge in [-0.3, -0.25) is 4.98 Å². The number of para-hydroxylation sites is 1. The minimum Gasteiger partial charge on any atom is -0.506 e. The normalized spacial score (nSPS) is 15.9. The number of hydrogen-bond donors (Lipinski definition) is 1. The Morgan fingerprint density at radius 1 is 1.19 bits per heavy atom. The Hall–Kier alpha value is -1.77. The number of phenols is 1. The summed E-state index contributed by atoms with van der Waals surface area (Å²) >= 11 is 0. The molecule has 0 atom stereocenters. The molecule has 1 aromatic carbocycles. The van der Waals surface area contributed by atoms with Crippen LogP contribution in [-0.2, 0) is 0 Å². The maximum absolute atomic E-state index is 9.65. The van der Waals surface area contributed by atoms with Crippen LogP contribution >= 0.6 is 0 Å². The zero-order valence-corrected chi connectivity index (χ0v) is 9.06. The van der Waals surface area contributed by atoms with E-state index in [-0.39, 0.29) is 5.75 Å². The second kappa shape index (κ2) is 3.67. The van der Waals surface area contributed by atoms with Crippen molar-refractivity contribution < 1.29 is 5.11 Å². The largest absolute Gasteiger partial charge is 0.506 e. The molecule has 0 amide bonds. The summed E-state index contributed by atoms with van der Waals surface area (Å²) in [6.45, 7) is 2.23. The lowest BCUT2D eigenvalue weighted by Crippen LogP contribution is -2.17. The third-order valence-corrected chi connectivity index (χ3v) is 3.15. The van der Waals surface area contributed by atoms with Crippen LogP contribution < -0.4 is 4.90 Å². The fourth-order valence-electron chi connectivity index (χ4n) is 2.28. The van der Waals surface area contributed by atoms with E-state index in [0.29, 0.717) is 5.52 Å². The summed E-state index contributed by atoms with van der Waals surface area (Å²) in [7, 11) is 0. The summed E-state index contributed by atoms with van der Waals surface area (Å²) in [5.74, 6) is 0.255. The Morgan fingerprint density at radius 2 is 2.00 bits per heavy atom. The van der Waals surface area contributed by atoms with Crippen molar-refractivity contribution >= 4 is 16.6 Å². The average Bonchev–Trinajstić information content (AvgIpc) is 2.82. The maximum Gasteiger partial charge on any atom is 0.141 e. The van der Waals surface area contributed by atoms with Gasteiger partial charge in [-0.1, -0.05) is 12.1 Å². The number of anilines is 1. The Labute approximate surface area is 94.3 Å². The number of fused-ring (bicyclic) bond motifs is 1. The first-order chi connectivity index (χ1) is 7.84. The summed E-state index contributed by atoms with van der Waals surface area (Å²) in [5, 5.41) is 10.7. The van der Waals surface area contributed by atoms with Crippen LogP contribution in [0.4, 0.5) is 5.69 Å². The van der Waals surface area contributed by atoms with Crippen molar-refractivity contribution in [3.63, 3.8) is 0 Å². The first kappa shape index (κ1) is 9.46. The van der Waals surface area contributed by atoms with Crippen LogP contribution in [0, 0.1) is 0 Å². The fraction of sp³-hybridized carbons (Fsp3) is 0.308. The molecule has 16 heavy (non-hydrogen) atoms. The molecule has 1 aliphatic rings. The van der Waals surface area contributed by atoms with Gasteiger partial charge in [-0.25, -0.2) is 0 Å². The molecule has 0 aliphatic carbocycles. The van der Waals surface area contributed by atoms with Crippen molar-refractivity contribution in [2.75, 3.05) is 18.0 Å². The highest BCUT2D eigenvalue weighted by Crippen LogP contribution is 2.27. The van der Waals surface area contributed by atoms with Gasteiger partial charge >= 0.3 is 0 Å². The molecule has 1 aliphatic heterocycles. The van der Waals surface area contributed by atoms with E-state index >= 15 is 0 Å². The quantitative estimate of drug-likeness (QED) is 0.792. The second-order valence-corrected chi connectivity index (χ2v) is 4.24. The lowest BCUT2D eigenvalue weighted by atomic mass is 10.2. The number of nitrogens with zero attached hydrogens (tertiary/aromatic N) is 2. The Bertz CT molecular complexity index is 518. The molecule has 0 bridgehead atoms. The van der Waals surface area contributed by atoms with Gasteiger partial charge in [0.25, 0.3) is 0 Å². The van der Waals surface area contributed by atoms with Crippen molar-refractivity contribution in [3.8, 4) is 5.75 Å². The van der Waals surface area contributed by atoms with E-state index in [1.807, 2.05) is 18.3 Å². The van der Waals surface area contributed by atoms with Crippen molar-refractivity contribution in [1.82, 2.24) is 4.98 Å². The molecule has 82 valence electrons. The molecule has 0 radical (unpaired) electrons. The fourth-order valence-corrected chi connectivity index (χ4v) is 2.28. The van der Waals surface area contributed by atoms with Crippen LogP contribution in [0.25, 0.3) is 10.9 Å². The van der Waals surface area contributed by atoms with E-state index in [9.17, 15) is 5.11 Å². The third kappa shape index (κ3) is 1.48. The first-order valence-corrected chi connectivity index (χ1v) is 5.67. The summed E-state index contributed by atoms with van der Waals surface area (Å²) < 4.78 is 0. The summed E-state index contributed by atoms with van der Waals surface area (Å²) in [6.07, 6.45) is 4.38. The van der Waals surface area contributed by atoms with Crippen molar-refractivity contribution in [2.24, 2.45) is 0 Å². The molecule has 0 saturated carbocycles. The van der Waals surface area contributed by atoms with Gasteiger partial charge in [0, 0.05) is 18.5 Å². The molecule has 1 aromatic heterocycles. The highest BCUT2D eigenvalue weighted by atomic mass is 16.3. The van der Waals surface area contributed by atoms with E-state index in [4.69, 9.17) is 0 Å². The summed E-state index contributed by atoms with van der Waals surface area (Å²) in [5.41, 5.74) is 1.85. The van der Waals surface area contributed by atoms with Crippen LogP contribution in [0.15, 0.2) is 30.5 Å². The van der Waals surface area contributed by atoms with E-state index in [0.717, 1.165) is 24.2 Å². The van der Waals surface area contributed by atoms with Crippen LogP contribution in [0.2, 0.25) is 0 Å². The lowest BCUT2D eigenvalue weighted by Gasteiger charge is -2.17. The number of pyridine rings is 1. The second-order valence-electron chi connectivity index (χ2n) is 4.24. The molecule has 2 aromatic rings. The number of hydrogen-bond acceptors (Lipinski definition) is 3. The van der Waals surface area contributed by atoms with Crippen molar-refractivity contribution in [2.45, 2.75) is 12.8 Å². The predicted molar refractivity (Wildman–Crippen MR) is 64.9 cm³/mol. The van der Waals surface area contributed by atoms with Crippen LogP contribution in [-0.4, -0.2) is 23.2 Å². The molecule has 1 saturated heterocycles. The molecule has 1 fully saturated rings. The number of rotatable bonds is 1. The van der Waals surface area contributed by atoms with Gasteiger partial charge in [0.15, 0.2) is 0 Å². The van der Waals surface area contributed by atoms with Crippen LogP contribution in [0.3, 0.4) is 0 Å². The van der Waals surface area contributed by atoms with Gasteiger partial charge < -0.3 is 10.0 Å². The molecule has 1 N–H and O–H groups in total. The highest BCUT2D eigenvalue weighted by Gasteiger charge is 2.13. The zero-order chi connectivity index (χ0) is 11.0. The van der Waals surface area contributed by atoms with E-state index in [1.54, 1.807) is 6.07 Å². The lowest BCUT2D eigenvalue weighted by molar-refractivity contribution is 0.480. The molecule has 0 spiro atoms. The van der Waals surface area contributed by atoms with Crippen molar-refractivity contribution in [1.29, 1.82) is 0 Å². The summed E-state index contributed by atoms with van der Waals surface area (Å²) in [6, 6.07) is 7.62. The van der Waals surface area contributed by atoms with Crippen molar-refractivity contribution in [3.05, 3.63) is 30.5 Å². The molecule has 3 rings (SSSR count). The molecule has 3 nitrogen and oxygen atoms in total. The van der Waals surface area contributed by atoms with E-state index in [2.05, 4.69) is 16.0 Å². The molecule has 2 heterocycles. The molecular formula is C13H14N2O. The predicted octanol–water partition coefficient (Wildman–Crippen LogP) is 2.54. The molecular weight excluding hydrogens is 200 g/mol. The SMILES string of the molecule is Oc1cccc2cc(N3CCCC3)cnc12. The Morgan fingerprint density at radius 3 is 2.81 bits per heavy atom. The Kier molecular flexibility index (Phi) is 2.17. The van der Waals surface area contributed by atoms with Gasteiger partial charge in [0.1, 0.15) is 11.3 Å². The summed E-state index contributed by atoms with van der Waals surface area (Å²) in [4.78, 5) is 6.68. The van der Waals surface area contributed by atoms with Crippen LogP contribution in [0.5, 0.6) is 5.75 Å². The highest BCUT2D eigenvalue weighted by molar-refractivity contribution is 5.86. The number of aromatic nitrogens is 1. The maximum atomic E-state index is 9.65. The number of aromatic hydroxyl groups is 1. The smallest absolute Gasteiger partial charge is 0.141 e. The topological polar surface area (TPSA) is 36.4 Å². The van der Waals surface area contributed by atoms with E-state index in [1.165, 1.54) is 12.8 Å². The van der Waals surface area contributed by atoms with Gasteiger partial charge in [-0.2, -0.15) is 0 Å². The zero-order valence-electron chi connectivity index (χ0n) is 9.06. The first-order valence-electron chi connectivity index (χ1n) is 5.67. The Balaban J connectivity index is 2.08. The average molecular weight is 214 g/mol. The van der Waals surface area contributed by atoms with Gasteiger partial charge in [-0.05, 0) is 25.0 Å².